The molecular formula is C14H20N6. The predicted molar refractivity (Wildman–Crippen MR) is 77.7 cm³/mol. The number of fused-ring (bicyclic) bond motifs is 1. The standard InChI is InChI=1S/C14H20N6/c1-3-14(7-15-5-1)4-2-6-20(8-14)13-11-12(17-9-16-11)18-10-19-13/h9-10,15H,1-8H2,(H,16,17,18,19). The van der Waals surface area contributed by atoms with Crippen molar-refractivity contribution in [2.24, 2.45) is 5.41 Å². The van der Waals surface area contributed by atoms with Crippen LogP contribution in [0.5, 0.6) is 0 Å². The second kappa shape index (κ2) is 4.70. The maximum Gasteiger partial charge on any atom is 0.182 e. The molecule has 2 aliphatic rings. The summed E-state index contributed by atoms with van der Waals surface area (Å²) in [6.45, 7) is 4.47. The molecule has 6 nitrogen and oxygen atoms in total. The van der Waals surface area contributed by atoms with Crippen molar-refractivity contribution in [2.75, 3.05) is 31.1 Å². The van der Waals surface area contributed by atoms with Gasteiger partial charge in [0.2, 0.25) is 0 Å². The number of hydrogen-bond acceptors (Lipinski definition) is 5. The van der Waals surface area contributed by atoms with Gasteiger partial charge in [-0.1, -0.05) is 0 Å². The molecule has 1 atom stereocenters. The summed E-state index contributed by atoms with van der Waals surface area (Å²) in [6, 6.07) is 0. The van der Waals surface area contributed by atoms with Crippen LogP contribution in [-0.4, -0.2) is 46.1 Å². The van der Waals surface area contributed by atoms with Gasteiger partial charge in [-0.3, -0.25) is 0 Å². The summed E-state index contributed by atoms with van der Waals surface area (Å²) < 4.78 is 0. The Labute approximate surface area is 118 Å². The monoisotopic (exact) mass is 272 g/mol. The van der Waals surface area contributed by atoms with Crippen molar-refractivity contribution >= 4 is 17.0 Å². The summed E-state index contributed by atoms with van der Waals surface area (Å²) in [5.74, 6) is 1.01. The third kappa shape index (κ3) is 1.95. The first-order valence-corrected chi connectivity index (χ1v) is 7.46. The molecule has 2 fully saturated rings. The lowest BCUT2D eigenvalue weighted by Crippen LogP contribution is -2.51. The molecule has 2 aromatic heterocycles. The van der Waals surface area contributed by atoms with Crippen LogP contribution in [0.4, 0.5) is 5.82 Å². The largest absolute Gasteiger partial charge is 0.354 e. The average Bonchev–Trinajstić information content (AvgIpc) is 2.96. The second-order valence-electron chi connectivity index (χ2n) is 6.10. The second-order valence-corrected chi connectivity index (χ2v) is 6.10. The van der Waals surface area contributed by atoms with Crippen LogP contribution in [0.15, 0.2) is 12.7 Å². The van der Waals surface area contributed by atoms with Crippen LogP contribution in [-0.2, 0) is 0 Å². The van der Waals surface area contributed by atoms with Gasteiger partial charge in [0.1, 0.15) is 11.8 Å². The molecule has 2 saturated heterocycles. The maximum absolute atomic E-state index is 4.50. The first-order chi connectivity index (χ1) is 9.86. The molecule has 0 aromatic carbocycles. The molecule has 1 spiro atoms. The van der Waals surface area contributed by atoms with Crippen LogP contribution < -0.4 is 10.2 Å². The number of H-pyrrole nitrogens is 1. The smallest absolute Gasteiger partial charge is 0.182 e. The van der Waals surface area contributed by atoms with Crippen molar-refractivity contribution < 1.29 is 0 Å². The van der Waals surface area contributed by atoms with Crippen molar-refractivity contribution in [3.05, 3.63) is 12.7 Å². The normalized spacial score (nSPS) is 27.3. The van der Waals surface area contributed by atoms with E-state index in [9.17, 15) is 0 Å². The van der Waals surface area contributed by atoms with Crippen LogP contribution in [0, 0.1) is 5.41 Å². The van der Waals surface area contributed by atoms with Gasteiger partial charge in [0, 0.05) is 25.0 Å². The highest BCUT2D eigenvalue weighted by atomic mass is 15.2. The Hall–Kier alpha value is -1.69. The van der Waals surface area contributed by atoms with E-state index in [0.717, 1.165) is 36.6 Å². The topological polar surface area (TPSA) is 69.7 Å². The highest BCUT2D eigenvalue weighted by molar-refractivity contribution is 5.82. The van der Waals surface area contributed by atoms with E-state index in [4.69, 9.17) is 0 Å². The lowest BCUT2D eigenvalue weighted by molar-refractivity contribution is 0.173. The van der Waals surface area contributed by atoms with Gasteiger partial charge in [0.15, 0.2) is 11.5 Å². The number of hydrogen-bond donors (Lipinski definition) is 2. The van der Waals surface area contributed by atoms with Crippen LogP contribution in [0.25, 0.3) is 11.2 Å². The summed E-state index contributed by atoms with van der Waals surface area (Å²) in [6.07, 6.45) is 8.50. The lowest BCUT2D eigenvalue weighted by Gasteiger charge is -2.45. The Morgan fingerprint density at radius 1 is 1.15 bits per heavy atom. The van der Waals surface area contributed by atoms with Crippen molar-refractivity contribution in [1.29, 1.82) is 0 Å². The zero-order valence-corrected chi connectivity index (χ0v) is 11.6. The number of aromatic nitrogens is 4. The molecule has 4 heterocycles. The molecule has 20 heavy (non-hydrogen) atoms. The van der Waals surface area contributed by atoms with Crippen molar-refractivity contribution in [3.63, 3.8) is 0 Å². The summed E-state index contributed by atoms with van der Waals surface area (Å²) >= 11 is 0. The molecule has 2 aliphatic heterocycles. The number of nitrogens with one attached hydrogen (secondary N) is 2. The predicted octanol–water partition coefficient (Wildman–Crippen LogP) is 1.32. The van der Waals surface area contributed by atoms with E-state index in [1.165, 1.54) is 32.2 Å². The number of rotatable bonds is 1. The molecule has 0 aliphatic carbocycles. The Morgan fingerprint density at radius 3 is 3.00 bits per heavy atom. The van der Waals surface area contributed by atoms with Gasteiger partial charge in [-0.25, -0.2) is 15.0 Å². The third-order valence-corrected chi connectivity index (χ3v) is 4.72. The fraction of sp³-hybridized carbons (Fsp3) is 0.643. The number of anilines is 1. The third-order valence-electron chi connectivity index (χ3n) is 4.72. The fourth-order valence-electron chi connectivity index (χ4n) is 3.76. The molecule has 0 amide bonds. The zero-order valence-electron chi connectivity index (χ0n) is 11.6. The number of nitrogens with zero attached hydrogens (tertiary/aromatic N) is 4. The van der Waals surface area contributed by atoms with E-state index in [0.29, 0.717) is 5.41 Å². The molecule has 2 N–H and O–H groups in total. The molecule has 106 valence electrons. The highest BCUT2D eigenvalue weighted by Gasteiger charge is 2.37. The van der Waals surface area contributed by atoms with Gasteiger partial charge >= 0.3 is 0 Å². The van der Waals surface area contributed by atoms with Gasteiger partial charge in [0.05, 0.1) is 6.33 Å². The maximum atomic E-state index is 4.50. The number of piperidine rings is 2. The Morgan fingerprint density at radius 2 is 2.10 bits per heavy atom. The minimum absolute atomic E-state index is 0.424. The highest BCUT2D eigenvalue weighted by Crippen LogP contribution is 2.37. The van der Waals surface area contributed by atoms with Crippen LogP contribution in [0.2, 0.25) is 0 Å². The van der Waals surface area contributed by atoms with Crippen molar-refractivity contribution in [3.8, 4) is 0 Å². The Bertz CT molecular complexity index is 595. The Balaban J connectivity index is 1.66. The summed E-state index contributed by atoms with van der Waals surface area (Å²) in [5, 5.41) is 3.57. The SMILES string of the molecule is c1nc(N2CCCC3(CCCNC3)C2)c2[nH]cnc2n1. The molecule has 0 radical (unpaired) electrons. The summed E-state index contributed by atoms with van der Waals surface area (Å²) in [5.41, 5.74) is 2.15. The number of imidazole rings is 1. The zero-order chi connectivity index (χ0) is 13.4. The molecule has 0 bridgehead atoms. The van der Waals surface area contributed by atoms with E-state index in [1.54, 1.807) is 12.7 Å². The van der Waals surface area contributed by atoms with Crippen molar-refractivity contribution in [2.45, 2.75) is 25.7 Å². The minimum atomic E-state index is 0.424. The first kappa shape index (κ1) is 12.1. The van der Waals surface area contributed by atoms with Gasteiger partial charge in [0.25, 0.3) is 0 Å². The average molecular weight is 272 g/mol. The van der Waals surface area contributed by atoms with E-state index >= 15 is 0 Å². The number of aromatic amines is 1. The van der Waals surface area contributed by atoms with Crippen molar-refractivity contribution in [1.82, 2.24) is 25.3 Å². The van der Waals surface area contributed by atoms with E-state index in [2.05, 4.69) is 30.2 Å². The summed E-state index contributed by atoms with van der Waals surface area (Å²) in [7, 11) is 0. The molecule has 6 heteroatoms. The summed E-state index contributed by atoms with van der Waals surface area (Å²) in [4.78, 5) is 18.5. The van der Waals surface area contributed by atoms with Crippen LogP contribution in [0.1, 0.15) is 25.7 Å². The Kier molecular flexibility index (Phi) is 2.84. The molecular weight excluding hydrogens is 252 g/mol. The quantitative estimate of drug-likeness (QED) is 0.819. The lowest BCUT2D eigenvalue weighted by atomic mass is 9.74. The van der Waals surface area contributed by atoms with Gasteiger partial charge in [-0.05, 0) is 32.2 Å². The molecule has 1 unspecified atom stereocenters. The van der Waals surface area contributed by atoms with E-state index in [1.807, 2.05) is 0 Å². The van der Waals surface area contributed by atoms with E-state index < -0.39 is 0 Å². The van der Waals surface area contributed by atoms with Gasteiger partial charge < -0.3 is 15.2 Å². The van der Waals surface area contributed by atoms with Gasteiger partial charge in [-0.15, -0.1) is 0 Å². The fourth-order valence-corrected chi connectivity index (χ4v) is 3.76. The van der Waals surface area contributed by atoms with E-state index in [-0.39, 0.29) is 0 Å². The minimum Gasteiger partial charge on any atom is -0.354 e. The van der Waals surface area contributed by atoms with Gasteiger partial charge in [-0.2, -0.15) is 0 Å². The molecule has 4 rings (SSSR count). The molecule has 0 saturated carbocycles. The molecule has 2 aromatic rings. The first-order valence-electron chi connectivity index (χ1n) is 7.46. The van der Waals surface area contributed by atoms with Crippen LogP contribution in [0.3, 0.4) is 0 Å². The van der Waals surface area contributed by atoms with Crippen LogP contribution >= 0.6 is 0 Å².